The number of fused-ring (bicyclic) bond motifs is 3. The van der Waals surface area contributed by atoms with Crippen LogP contribution in [0.1, 0.15) is 30.7 Å². The van der Waals surface area contributed by atoms with E-state index in [0.29, 0.717) is 36.2 Å². The van der Waals surface area contributed by atoms with Gasteiger partial charge in [0.1, 0.15) is 17.3 Å². The number of benzene rings is 2. The first-order valence-corrected chi connectivity index (χ1v) is 11.7. The van der Waals surface area contributed by atoms with Crippen LogP contribution in [-0.2, 0) is 24.2 Å². The number of aryl methyl sites for hydroxylation is 1. The van der Waals surface area contributed by atoms with Gasteiger partial charge in [-0.15, -0.1) is 0 Å². The first-order chi connectivity index (χ1) is 16.6. The van der Waals surface area contributed by atoms with Crippen molar-refractivity contribution in [3.05, 3.63) is 64.3 Å². The highest BCUT2D eigenvalue weighted by Gasteiger charge is 2.14. The molecule has 0 saturated carbocycles. The molecule has 0 spiro atoms. The Balaban J connectivity index is 1.19. The van der Waals surface area contributed by atoms with Crippen molar-refractivity contribution in [1.29, 1.82) is 0 Å². The highest BCUT2D eigenvalue weighted by molar-refractivity contribution is 5.85. The van der Waals surface area contributed by atoms with Crippen molar-refractivity contribution in [3.8, 4) is 11.5 Å². The number of hydrogen-bond acceptors (Lipinski definition) is 5. The standard InChI is InChI=1S/C26H28N4O4/c1-33-18-6-8-22-20(13-18)17(15-28-22)10-11-27-25(31)16-34-19-7-9-23-21(14-19)26(32)30-12-4-2-3-5-24(30)29-23/h6-9,13-15,28H,2-5,10-12,16H2,1H3,(H,27,31). The lowest BCUT2D eigenvalue weighted by molar-refractivity contribution is -0.123. The number of ether oxygens (including phenoxy) is 2. The lowest BCUT2D eigenvalue weighted by atomic mass is 10.1. The van der Waals surface area contributed by atoms with E-state index in [4.69, 9.17) is 9.47 Å². The van der Waals surface area contributed by atoms with Gasteiger partial charge in [-0.1, -0.05) is 6.42 Å². The summed E-state index contributed by atoms with van der Waals surface area (Å²) in [7, 11) is 1.64. The maximum atomic E-state index is 13.0. The van der Waals surface area contributed by atoms with Crippen LogP contribution >= 0.6 is 0 Å². The van der Waals surface area contributed by atoms with Gasteiger partial charge in [-0.2, -0.15) is 0 Å². The first-order valence-electron chi connectivity index (χ1n) is 11.7. The van der Waals surface area contributed by atoms with Crippen LogP contribution < -0.4 is 20.3 Å². The molecule has 0 unspecified atom stereocenters. The second kappa shape index (κ2) is 9.59. The summed E-state index contributed by atoms with van der Waals surface area (Å²) in [4.78, 5) is 33.2. The number of rotatable bonds is 7. The SMILES string of the molecule is COc1ccc2[nH]cc(CCNC(=O)COc3ccc4nc5n(c(=O)c4c3)CCCCC5)c2c1. The summed E-state index contributed by atoms with van der Waals surface area (Å²) < 4.78 is 12.8. The fourth-order valence-corrected chi connectivity index (χ4v) is 4.51. The Hall–Kier alpha value is -3.81. The van der Waals surface area contributed by atoms with Crippen molar-refractivity contribution in [3.63, 3.8) is 0 Å². The van der Waals surface area contributed by atoms with Gasteiger partial charge in [0.2, 0.25) is 0 Å². The molecule has 2 aromatic carbocycles. The van der Waals surface area contributed by atoms with E-state index < -0.39 is 0 Å². The molecule has 0 atom stereocenters. The van der Waals surface area contributed by atoms with Gasteiger partial charge in [-0.3, -0.25) is 14.2 Å². The van der Waals surface area contributed by atoms with Gasteiger partial charge in [0.15, 0.2) is 6.61 Å². The second-order valence-electron chi connectivity index (χ2n) is 8.59. The van der Waals surface area contributed by atoms with E-state index in [1.165, 1.54) is 0 Å². The molecule has 3 heterocycles. The van der Waals surface area contributed by atoms with Crippen LogP contribution in [0.15, 0.2) is 47.4 Å². The van der Waals surface area contributed by atoms with Crippen molar-refractivity contribution in [1.82, 2.24) is 19.9 Å². The molecule has 4 aromatic rings. The summed E-state index contributed by atoms with van der Waals surface area (Å²) in [6.45, 7) is 1.07. The van der Waals surface area contributed by atoms with E-state index in [0.717, 1.165) is 53.7 Å². The van der Waals surface area contributed by atoms with Crippen molar-refractivity contribution >= 4 is 27.7 Å². The molecule has 0 radical (unpaired) electrons. The Morgan fingerprint density at radius 3 is 2.85 bits per heavy atom. The van der Waals surface area contributed by atoms with E-state index in [-0.39, 0.29) is 18.1 Å². The zero-order valence-electron chi connectivity index (χ0n) is 19.2. The second-order valence-corrected chi connectivity index (χ2v) is 8.59. The lowest BCUT2D eigenvalue weighted by Crippen LogP contribution is -2.30. The van der Waals surface area contributed by atoms with Crippen LogP contribution in [0.2, 0.25) is 0 Å². The summed E-state index contributed by atoms with van der Waals surface area (Å²) in [5, 5.41) is 4.50. The fourth-order valence-electron chi connectivity index (χ4n) is 4.51. The van der Waals surface area contributed by atoms with Crippen molar-refractivity contribution in [2.24, 2.45) is 0 Å². The van der Waals surface area contributed by atoms with Crippen LogP contribution in [0, 0.1) is 0 Å². The first kappa shape index (κ1) is 22.0. The summed E-state index contributed by atoms with van der Waals surface area (Å²) in [5.41, 5.74) is 2.78. The molecule has 1 aliphatic heterocycles. The van der Waals surface area contributed by atoms with Gasteiger partial charge >= 0.3 is 0 Å². The molecule has 5 rings (SSSR count). The third-order valence-corrected chi connectivity index (χ3v) is 6.35. The Kier molecular flexibility index (Phi) is 6.20. The number of carbonyl (C=O) groups is 1. The van der Waals surface area contributed by atoms with Crippen LogP contribution in [-0.4, -0.2) is 40.7 Å². The zero-order valence-corrected chi connectivity index (χ0v) is 19.2. The van der Waals surface area contributed by atoms with Crippen molar-refractivity contribution in [2.75, 3.05) is 20.3 Å². The number of aromatic nitrogens is 3. The highest BCUT2D eigenvalue weighted by atomic mass is 16.5. The van der Waals surface area contributed by atoms with Crippen LogP contribution in [0.4, 0.5) is 0 Å². The quantitative estimate of drug-likeness (QED) is 0.441. The summed E-state index contributed by atoms with van der Waals surface area (Å²) in [6, 6.07) is 11.1. The maximum absolute atomic E-state index is 13.0. The van der Waals surface area contributed by atoms with Gasteiger partial charge in [-0.05, 0) is 61.2 Å². The predicted octanol–water partition coefficient (Wildman–Crippen LogP) is 3.35. The lowest BCUT2D eigenvalue weighted by Gasteiger charge is -2.11. The minimum atomic E-state index is -0.214. The Morgan fingerprint density at radius 1 is 1.12 bits per heavy atom. The number of nitrogens with zero attached hydrogens (tertiary/aromatic N) is 2. The van der Waals surface area contributed by atoms with Gasteiger partial charge in [0.05, 0.1) is 18.0 Å². The molecule has 0 bridgehead atoms. The Bertz CT molecular complexity index is 1410. The summed E-state index contributed by atoms with van der Waals surface area (Å²) in [6.07, 6.45) is 6.62. The number of H-pyrrole nitrogens is 1. The van der Waals surface area contributed by atoms with Crippen LogP contribution in [0.5, 0.6) is 11.5 Å². The molecule has 0 aliphatic carbocycles. The van der Waals surface area contributed by atoms with Crippen molar-refractivity contribution < 1.29 is 14.3 Å². The van der Waals surface area contributed by atoms with E-state index in [2.05, 4.69) is 15.3 Å². The molecule has 8 heteroatoms. The molecule has 1 aliphatic rings. The largest absolute Gasteiger partial charge is 0.497 e. The van der Waals surface area contributed by atoms with Crippen molar-refractivity contribution in [2.45, 2.75) is 38.6 Å². The molecule has 2 N–H and O–H groups in total. The van der Waals surface area contributed by atoms with E-state index in [1.807, 2.05) is 24.4 Å². The van der Waals surface area contributed by atoms with Gasteiger partial charge < -0.3 is 19.8 Å². The van der Waals surface area contributed by atoms with Gasteiger partial charge in [0, 0.05) is 36.6 Å². The van der Waals surface area contributed by atoms with Crippen LogP contribution in [0.25, 0.3) is 21.8 Å². The summed E-state index contributed by atoms with van der Waals surface area (Å²) >= 11 is 0. The number of nitrogens with one attached hydrogen (secondary N) is 2. The average Bonchev–Trinajstić information content (AvgIpc) is 3.10. The highest BCUT2D eigenvalue weighted by Crippen LogP contribution is 2.24. The molecule has 176 valence electrons. The molecular weight excluding hydrogens is 432 g/mol. The average molecular weight is 461 g/mol. The van der Waals surface area contributed by atoms with E-state index >= 15 is 0 Å². The van der Waals surface area contributed by atoms with Gasteiger partial charge in [0.25, 0.3) is 11.5 Å². The third-order valence-electron chi connectivity index (χ3n) is 6.35. The van der Waals surface area contributed by atoms with E-state index in [1.54, 1.807) is 29.9 Å². The minimum Gasteiger partial charge on any atom is -0.497 e. The number of amides is 1. The monoisotopic (exact) mass is 460 g/mol. The smallest absolute Gasteiger partial charge is 0.261 e. The van der Waals surface area contributed by atoms with Crippen LogP contribution in [0.3, 0.4) is 0 Å². The number of aromatic amines is 1. The molecule has 34 heavy (non-hydrogen) atoms. The number of carbonyl (C=O) groups excluding carboxylic acids is 1. The fraction of sp³-hybridized carbons (Fsp3) is 0.346. The third kappa shape index (κ3) is 4.48. The van der Waals surface area contributed by atoms with E-state index in [9.17, 15) is 9.59 Å². The van der Waals surface area contributed by atoms with Gasteiger partial charge in [-0.25, -0.2) is 4.98 Å². The molecule has 8 nitrogen and oxygen atoms in total. The zero-order chi connectivity index (χ0) is 23.5. The number of methoxy groups -OCH3 is 1. The molecule has 0 saturated heterocycles. The molecule has 0 fully saturated rings. The Labute approximate surface area is 196 Å². The molecular formula is C26H28N4O4. The number of hydrogen-bond donors (Lipinski definition) is 2. The minimum absolute atomic E-state index is 0.0350. The Morgan fingerprint density at radius 2 is 1.97 bits per heavy atom. The molecule has 2 aromatic heterocycles. The normalized spacial score (nSPS) is 13.4. The maximum Gasteiger partial charge on any atom is 0.261 e. The predicted molar refractivity (Wildman–Crippen MR) is 131 cm³/mol. The topological polar surface area (TPSA) is 98.2 Å². The molecule has 1 amide bonds. The summed E-state index contributed by atoms with van der Waals surface area (Å²) in [5.74, 6) is 1.93.